The lowest BCUT2D eigenvalue weighted by Crippen LogP contribution is -2.68. The van der Waals surface area contributed by atoms with Gasteiger partial charge in [-0.2, -0.15) is 4.31 Å². The molecule has 0 radical (unpaired) electrons. The Morgan fingerprint density at radius 1 is 1.23 bits per heavy atom. The van der Waals surface area contributed by atoms with Crippen LogP contribution < -0.4 is 5.32 Å². The van der Waals surface area contributed by atoms with Crippen LogP contribution in [-0.2, 0) is 14.8 Å². The predicted octanol–water partition coefficient (Wildman–Crippen LogP) is 2.19. The molecular weight excluding hydrogens is 422 g/mol. The van der Waals surface area contributed by atoms with Crippen molar-refractivity contribution in [2.45, 2.75) is 73.9 Å². The summed E-state index contributed by atoms with van der Waals surface area (Å²) in [7, 11) is -3.05. The van der Waals surface area contributed by atoms with Crippen LogP contribution in [0, 0.1) is 22.0 Å². The van der Waals surface area contributed by atoms with E-state index in [9.17, 15) is 28.4 Å². The fraction of sp³-hybridized carbons (Fsp3) is 0.667. The largest absolute Gasteiger partial charge is 0.390 e. The molecule has 1 amide bonds. The number of benzene rings is 1. The van der Waals surface area contributed by atoms with Crippen LogP contribution in [0.2, 0.25) is 0 Å². The van der Waals surface area contributed by atoms with E-state index in [1.54, 1.807) is 0 Å². The van der Waals surface area contributed by atoms with Gasteiger partial charge in [-0.3, -0.25) is 14.9 Å². The standard InChI is InChI=1S/C21H29N3O6S/c1-19(2,23(3)31(29,30)17-7-5-4-6-16(17)24(27)28)18(25)22-20-9-14-8-15(10-20)12-21(26,11-14)13-20/h4-7,14-15,26H,8-13H2,1-3H3,(H,22,25). The average Bonchev–Trinajstić information content (AvgIpc) is 2.64. The smallest absolute Gasteiger partial charge is 0.289 e. The van der Waals surface area contributed by atoms with Crippen LogP contribution in [0.5, 0.6) is 0 Å². The zero-order chi connectivity index (χ0) is 22.8. The molecule has 1 aromatic carbocycles. The number of amides is 1. The minimum atomic E-state index is -4.31. The number of likely N-dealkylation sites (N-methyl/N-ethyl adjacent to an activating group) is 1. The maximum absolute atomic E-state index is 13.4. The van der Waals surface area contributed by atoms with Crippen molar-refractivity contribution in [1.29, 1.82) is 0 Å². The number of carbonyl (C=O) groups is 1. The van der Waals surface area contributed by atoms with Gasteiger partial charge in [0.2, 0.25) is 5.91 Å². The van der Waals surface area contributed by atoms with Crippen LogP contribution in [0.4, 0.5) is 5.69 Å². The van der Waals surface area contributed by atoms with Crippen molar-refractivity contribution in [1.82, 2.24) is 9.62 Å². The molecule has 31 heavy (non-hydrogen) atoms. The summed E-state index contributed by atoms with van der Waals surface area (Å²) in [4.78, 5) is 23.5. The van der Waals surface area contributed by atoms with E-state index in [0.717, 1.165) is 42.5 Å². The van der Waals surface area contributed by atoms with Gasteiger partial charge in [-0.05, 0) is 70.3 Å². The zero-order valence-corrected chi connectivity index (χ0v) is 18.8. The maximum atomic E-state index is 13.4. The number of nitrogens with one attached hydrogen (secondary N) is 1. The van der Waals surface area contributed by atoms with Crippen molar-refractivity contribution in [3.8, 4) is 0 Å². The molecule has 0 heterocycles. The zero-order valence-electron chi connectivity index (χ0n) is 18.0. The number of nitrogens with zero attached hydrogens (tertiary/aromatic N) is 2. The Hall–Kier alpha value is -2.04. The Balaban J connectivity index is 1.60. The van der Waals surface area contributed by atoms with Gasteiger partial charge in [0.05, 0.1) is 10.5 Å². The molecule has 5 rings (SSSR count). The van der Waals surface area contributed by atoms with Crippen molar-refractivity contribution >= 4 is 21.6 Å². The summed E-state index contributed by atoms with van der Waals surface area (Å²) in [5, 5.41) is 25.4. The number of nitro benzene ring substituents is 1. The van der Waals surface area contributed by atoms with Crippen LogP contribution in [0.25, 0.3) is 0 Å². The summed E-state index contributed by atoms with van der Waals surface area (Å²) >= 11 is 0. The molecule has 4 aliphatic rings. The first-order valence-corrected chi connectivity index (χ1v) is 12.0. The van der Waals surface area contributed by atoms with Crippen molar-refractivity contribution in [2.24, 2.45) is 11.8 Å². The van der Waals surface area contributed by atoms with E-state index in [-0.39, 0.29) is 0 Å². The van der Waals surface area contributed by atoms with E-state index < -0.39 is 48.1 Å². The number of nitro groups is 1. The van der Waals surface area contributed by atoms with Crippen LogP contribution in [0.1, 0.15) is 52.4 Å². The van der Waals surface area contributed by atoms with Crippen molar-refractivity contribution in [3.63, 3.8) is 0 Å². The fourth-order valence-electron chi connectivity index (χ4n) is 6.17. The second-order valence-electron chi connectivity index (χ2n) is 10.2. The molecule has 0 aromatic heterocycles. The molecule has 2 unspecified atom stereocenters. The average molecular weight is 452 g/mol. The number of carbonyl (C=O) groups excluding carboxylic acids is 1. The van der Waals surface area contributed by atoms with Gasteiger partial charge in [0, 0.05) is 18.7 Å². The topological polar surface area (TPSA) is 130 Å². The molecule has 0 spiro atoms. The lowest BCUT2D eigenvalue weighted by atomic mass is 9.51. The highest BCUT2D eigenvalue weighted by Gasteiger charge is 2.58. The maximum Gasteiger partial charge on any atom is 0.289 e. The normalized spacial score (nSPS) is 32.3. The molecule has 170 valence electrons. The summed E-state index contributed by atoms with van der Waals surface area (Å²) < 4.78 is 27.3. The van der Waals surface area contributed by atoms with E-state index in [2.05, 4.69) is 5.32 Å². The SMILES string of the molecule is CN(C(C)(C)C(=O)NC12CC3CC(CC(O)(C3)C1)C2)S(=O)(=O)c1ccccc1[N+](=O)[O-]. The van der Waals surface area contributed by atoms with Crippen molar-refractivity contribution in [2.75, 3.05) is 7.05 Å². The Morgan fingerprint density at radius 3 is 2.35 bits per heavy atom. The van der Waals surface area contributed by atoms with Crippen molar-refractivity contribution in [3.05, 3.63) is 34.4 Å². The molecule has 10 heteroatoms. The van der Waals surface area contributed by atoms with Crippen LogP contribution >= 0.6 is 0 Å². The molecular formula is C21H29N3O6S. The Morgan fingerprint density at radius 2 is 1.81 bits per heavy atom. The van der Waals surface area contributed by atoms with Gasteiger partial charge < -0.3 is 10.4 Å². The molecule has 4 saturated carbocycles. The van der Waals surface area contributed by atoms with E-state index >= 15 is 0 Å². The van der Waals surface area contributed by atoms with E-state index in [1.165, 1.54) is 39.1 Å². The third-order valence-electron chi connectivity index (χ3n) is 7.45. The molecule has 4 fully saturated rings. The highest BCUT2D eigenvalue weighted by molar-refractivity contribution is 7.89. The Kier molecular flexibility index (Phi) is 4.99. The van der Waals surface area contributed by atoms with E-state index in [1.807, 2.05) is 0 Å². The summed E-state index contributed by atoms with van der Waals surface area (Å²) in [5.41, 5.74) is -3.32. The lowest BCUT2D eigenvalue weighted by Gasteiger charge is -2.60. The predicted molar refractivity (Wildman–Crippen MR) is 113 cm³/mol. The molecule has 2 N–H and O–H groups in total. The lowest BCUT2D eigenvalue weighted by molar-refractivity contribution is -0.387. The fourth-order valence-corrected chi connectivity index (χ4v) is 7.81. The van der Waals surface area contributed by atoms with Gasteiger partial charge in [-0.25, -0.2) is 8.42 Å². The number of aliphatic hydroxyl groups is 1. The summed E-state index contributed by atoms with van der Waals surface area (Å²) in [6, 6.07) is 5.11. The third-order valence-corrected chi connectivity index (χ3v) is 9.53. The van der Waals surface area contributed by atoms with Gasteiger partial charge in [0.25, 0.3) is 15.7 Å². The summed E-state index contributed by atoms with van der Waals surface area (Å²) in [6.45, 7) is 2.98. The first-order chi connectivity index (χ1) is 14.3. The van der Waals surface area contributed by atoms with E-state index in [4.69, 9.17) is 0 Å². The molecule has 2 atom stereocenters. The monoisotopic (exact) mass is 451 g/mol. The number of hydrogen-bond donors (Lipinski definition) is 2. The minimum absolute atomic E-state index is 0.364. The van der Waals surface area contributed by atoms with E-state index in [0.29, 0.717) is 18.3 Å². The van der Waals surface area contributed by atoms with Gasteiger partial charge in [0.1, 0.15) is 5.54 Å². The number of para-hydroxylation sites is 1. The van der Waals surface area contributed by atoms with Gasteiger partial charge in [0.15, 0.2) is 4.90 Å². The molecule has 1 aromatic rings. The van der Waals surface area contributed by atoms with Crippen LogP contribution in [0.15, 0.2) is 29.2 Å². The minimum Gasteiger partial charge on any atom is -0.390 e. The molecule has 4 aliphatic carbocycles. The Labute approximate surface area is 182 Å². The van der Waals surface area contributed by atoms with Crippen LogP contribution in [-0.4, -0.2) is 52.4 Å². The van der Waals surface area contributed by atoms with Gasteiger partial charge >= 0.3 is 0 Å². The van der Waals surface area contributed by atoms with Crippen LogP contribution in [0.3, 0.4) is 0 Å². The first-order valence-electron chi connectivity index (χ1n) is 10.6. The molecule has 4 bridgehead atoms. The number of hydrogen-bond acceptors (Lipinski definition) is 6. The molecule has 0 saturated heterocycles. The van der Waals surface area contributed by atoms with Gasteiger partial charge in [-0.1, -0.05) is 12.1 Å². The first kappa shape index (κ1) is 22.2. The molecule has 0 aliphatic heterocycles. The third kappa shape index (κ3) is 3.64. The molecule has 9 nitrogen and oxygen atoms in total. The number of sulfonamides is 1. The summed E-state index contributed by atoms with van der Waals surface area (Å²) in [5.74, 6) is 0.258. The highest BCUT2D eigenvalue weighted by Crippen LogP contribution is 2.57. The Bertz CT molecular complexity index is 1020. The second-order valence-corrected chi connectivity index (χ2v) is 12.1. The second kappa shape index (κ2) is 6.98. The highest BCUT2D eigenvalue weighted by atomic mass is 32.2. The quantitative estimate of drug-likeness (QED) is 0.504. The van der Waals surface area contributed by atoms with Gasteiger partial charge in [-0.15, -0.1) is 0 Å². The summed E-state index contributed by atoms with van der Waals surface area (Å²) in [6.07, 6.45) is 4.64. The van der Waals surface area contributed by atoms with Crippen molar-refractivity contribution < 1.29 is 23.2 Å². The number of rotatable bonds is 6.